The van der Waals surface area contributed by atoms with Crippen LogP contribution in [-0.4, -0.2) is 171 Å². The van der Waals surface area contributed by atoms with E-state index in [9.17, 15) is 63.2 Å². The fraction of sp³-hybridized carbons (Fsp3) is 0.477. The van der Waals surface area contributed by atoms with Gasteiger partial charge in [-0.3, -0.25) is 29.5 Å². The Hall–Kier alpha value is -12.0. The van der Waals surface area contributed by atoms with E-state index in [0.29, 0.717) is 93.2 Å². The zero-order valence-corrected chi connectivity index (χ0v) is 82.9. The Balaban J connectivity index is 0.000000131. The van der Waals surface area contributed by atoms with Gasteiger partial charge in [0.1, 0.15) is 29.4 Å². The number of esters is 1. The Morgan fingerprint density at radius 1 is 0.406 bits per heavy atom. The van der Waals surface area contributed by atoms with Gasteiger partial charge in [0.05, 0.1) is 66.6 Å². The number of carbonyl (C=O) groups excluding carboxylic acids is 6. The minimum absolute atomic E-state index is 0.000537. The summed E-state index contributed by atoms with van der Waals surface area (Å²) in [6, 6.07) is 41.5. The minimum Gasteiger partial charge on any atom is -0.462 e. The van der Waals surface area contributed by atoms with Gasteiger partial charge in [0, 0.05) is 109 Å². The van der Waals surface area contributed by atoms with Crippen LogP contribution in [0, 0.1) is 124 Å². The van der Waals surface area contributed by atoms with Gasteiger partial charge in [-0.1, -0.05) is 97.1 Å². The SMILES string of the molecule is CCOC(=O)N[C@@H]1CC[C@@H]2[C@@H](C1)C[C@@H]1C(=O)NC[C@@H]1[C@H]2/C=C/c1ccc(-c2cccc(F)c2)cn1.CCOC(=O)N[C@@H]1CC[C@@H]2[C@@H](C1)C[C@@H]1OC(=O)C[C@@H]1[C@H]2/C=C/c1ccc(-c2cccc(F)c2)cn1.CCOC(=O)N[C@@H]1CC[C@@H]2[C@@H](C1)C[C@@H]1[C@@H](CS(=O)(=O)N1C)[C@H]2/C=C/c1ccc(-c2cccc(F)c2)cn1.CCOC(=O)N[C@@H]1CC[C@@H]2[C@@H](C1)C[C@H]1[C@H](CNS1(=O)=O)[C@H]2/C=C/c1ccc(-c2cccc(F)c2)cn1. The van der Waals surface area contributed by atoms with Crippen molar-refractivity contribution in [3.63, 3.8) is 0 Å². The first kappa shape index (κ1) is 102. The zero-order valence-electron chi connectivity index (χ0n) is 81.3. The van der Waals surface area contributed by atoms with Crippen LogP contribution in [0.3, 0.4) is 0 Å². The lowest BCUT2D eigenvalue weighted by molar-refractivity contribution is -0.143. The van der Waals surface area contributed by atoms with Crippen molar-refractivity contribution in [2.75, 3.05) is 52.3 Å². The largest absolute Gasteiger partial charge is 0.462 e. The first-order valence-corrected chi connectivity index (χ1v) is 54.0. The Morgan fingerprint density at radius 2 is 0.748 bits per heavy atom. The summed E-state index contributed by atoms with van der Waals surface area (Å²) in [5, 5.41) is 14.6. The van der Waals surface area contributed by atoms with E-state index in [1.807, 2.05) is 91.0 Å². The second-order valence-electron chi connectivity index (χ2n) is 40.3. The number of carbonyl (C=O) groups is 6. The van der Waals surface area contributed by atoms with Crippen molar-refractivity contribution in [3.05, 3.63) is 241 Å². The smallest absolute Gasteiger partial charge is 0.407 e. The molecule has 0 spiro atoms. The number of aromatic nitrogens is 4. The Morgan fingerprint density at radius 3 is 1.10 bits per heavy atom. The van der Waals surface area contributed by atoms with Crippen LogP contribution in [0.25, 0.3) is 68.8 Å². The van der Waals surface area contributed by atoms with Crippen molar-refractivity contribution < 1.29 is 86.8 Å². The third-order valence-electron chi connectivity index (χ3n) is 32.1. The number of allylic oxidation sites excluding steroid dienone is 4. The number of nitrogens with zero attached hydrogens (tertiary/aromatic N) is 5. The van der Waals surface area contributed by atoms with Crippen molar-refractivity contribution in [2.45, 2.75) is 178 Å². The highest BCUT2D eigenvalue weighted by Crippen LogP contribution is 2.56. The highest BCUT2D eigenvalue weighted by Gasteiger charge is 2.57. The summed E-state index contributed by atoms with van der Waals surface area (Å²) in [7, 11) is -4.93. The normalized spacial score (nSPS) is 30.4. The van der Waals surface area contributed by atoms with Crippen molar-refractivity contribution in [3.8, 4) is 44.5 Å². The molecule has 143 heavy (non-hydrogen) atoms. The van der Waals surface area contributed by atoms with Crippen molar-refractivity contribution >= 4 is 80.6 Å². The lowest BCUT2D eigenvalue weighted by Crippen LogP contribution is -2.50. The van der Waals surface area contributed by atoms with Gasteiger partial charge in [-0.25, -0.2) is 62.6 Å². The molecule has 4 aliphatic heterocycles. The molecule has 5 amide bonds. The van der Waals surface area contributed by atoms with E-state index in [2.05, 4.69) is 81.6 Å². The molecule has 0 unspecified atom stereocenters. The highest BCUT2D eigenvalue weighted by atomic mass is 32.2. The molecular weight excluding hydrogens is 1870 g/mol. The van der Waals surface area contributed by atoms with E-state index in [0.717, 1.165) is 170 Å². The van der Waals surface area contributed by atoms with Gasteiger partial charge in [0.2, 0.25) is 26.0 Å². The second-order valence-corrected chi connectivity index (χ2v) is 44.4. The number of fused-ring (bicyclic) bond motifs is 8. The summed E-state index contributed by atoms with van der Waals surface area (Å²) < 4.78 is 136. The molecule has 0 bridgehead atoms. The number of sulfonamides is 2. The summed E-state index contributed by atoms with van der Waals surface area (Å²) in [6.45, 7) is 9.71. The molecule has 32 heteroatoms. The maximum atomic E-state index is 13.6. The number of rotatable bonds is 20. The van der Waals surface area contributed by atoms with Crippen LogP contribution < -0.4 is 31.3 Å². The van der Waals surface area contributed by atoms with Crippen LogP contribution in [0.1, 0.15) is 160 Å². The lowest BCUT2D eigenvalue weighted by Gasteiger charge is -2.48. The number of ether oxygens (including phenoxy) is 5. The molecule has 20 rings (SSSR count). The Kier molecular flexibility index (Phi) is 33.2. The first-order valence-electron chi connectivity index (χ1n) is 50.9. The fourth-order valence-corrected chi connectivity index (χ4v) is 29.3. The van der Waals surface area contributed by atoms with Gasteiger partial charge < -0.3 is 50.3 Å². The summed E-state index contributed by atoms with van der Waals surface area (Å²) in [5.74, 6) is 3.28. The molecule has 24 atom stereocenters. The number of amides is 5. The third-order valence-corrected chi connectivity index (χ3v) is 36.0. The monoisotopic (exact) mass is 2000 g/mol. The molecule has 8 heterocycles. The molecule has 12 fully saturated rings. The van der Waals surface area contributed by atoms with Crippen molar-refractivity contribution in [2.24, 2.45) is 101 Å². The molecule has 8 aromatic rings. The first-order chi connectivity index (χ1) is 69.1. The quantitative estimate of drug-likeness (QED) is 0.0234. The maximum Gasteiger partial charge on any atom is 0.407 e. The molecule has 8 saturated carbocycles. The van der Waals surface area contributed by atoms with E-state index in [4.69, 9.17) is 23.7 Å². The van der Waals surface area contributed by atoms with Crippen LogP contribution >= 0.6 is 0 Å². The van der Waals surface area contributed by atoms with Crippen molar-refractivity contribution in [1.82, 2.24) is 55.5 Å². The van der Waals surface area contributed by atoms with E-state index >= 15 is 0 Å². The van der Waals surface area contributed by atoms with E-state index in [-0.39, 0.29) is 149 Å². The fourth-order valence-electron chi connectivity index (χ4n) is 25.6. The lowest BCUT2D eigenvalue weighted by atomic mass is 9.58. The highest BCUT2D eigenvalue weighted by molar-refractivity contribution is 7.90. The van der Waals surface area contributed by atoms with Crippen LogP contribution in [-0.2, 0) is 53.3 Å². The maximum absolute atomic E-state index is 13.6. The second kappa shape index (κ2) is 46.4. The molecular formula is C111H129F4N11O15S2. The Bertz CT molecular complexity index is 6080. The van der Waals surface area contributed by atoms with Crippen molar-refractivity contribution in [1.29, 1.82) is 0 Å². The molecule has 758 valence electrons. The third kappa shape index (κ3) is 25.0. The van der Waals surface area contributed by atoms with E-state index in [1.165, 1.54) is 48.5 Å². The molecule has 4 aromatic heterocycles. The van der Waals surface area contributed by atoms with E-state index < -0.39 is 31.4 Å². The number of benzene rings is 4. The Labute approximate surface area is 834 Å². The van der Waals surface area contributed by atoms with Gasteiger partial charge in [0.25, 0.3) is 0 Å². The molecule has 26 nitrogen and oxygen atoms in total. The zero-order chi connectivity index (χ0) is 100. The van der Waals surface area contributed by atoms with E-state index in [1.54, 1.807) is 88.1 Å². The van der Waals surface area contributed by atoms with Crippen LogP contribution in [0.4, 0.5) is 36.7 Å². The molecule has 0 radical (unpaired) electrons. The predicted octanol–water partition coefficient (Wildman–Crippen LogP) is 19.3. The molecule has 8 aliphatic carbocycles. The number of nitrogens with one attached hydrogen (secondary N) is 6. The average Bonchev–Trinajstić information content (AvgIpc) is 1.52. The summed E-state index contributed by atoms with van der Waals surface area (Å²) in [4.78, 5) is 90.8. The summed E-state index contributed by atoms with van der Waals surface area (Å²) in [5.41, 5.74) is 9.78. The van der Waals surface area contributed by atoms with Gasteiger partial charge >= 0.3 is 30.3 Å². The van der Waals surface area contributed by atoms with Gasteiger partial charge in [-0.15, -0.1) is 0 Å². The predicted molar refractivity (Wildman–Crippen MR) is 537 cm³/mol. The molecule has 4 saturated heterocycles. The summed E-state index contributed by atoms with van der Waals surface area (Å²) >= 11 is 0. The summed E-state index contributed by atoms with van der Waals surface area (Å²) in [6.07, 6.45) is 36.6. The van der Waals surface area contributed by atoms with Gasteiger partial charge in [0.15, 0.2) is 0 Å². The molecule has 12 aliphatic rings. The van der Waals surface area contributed by atoms with Crippen LogP contribution in [0.5, 0.6) is 0 Å². The minimum atomic E-state index is -3.34. The van der Waals surface area contributed by atoms with Crippen LogP contribution in [0.15, 0.2) is 195 Å². The number of hydrogen-bond acceptors (Lipinski definition) is 19. The molecule has 6 N–H and O–H groups in total. The van der Waals surface area contributed by atoms with Crippen LogP contribution in [0.2, 0.25) is 0 Å². The number of pyridine rings is 4. The number of hydrogen-bond donors (Lipinski definition) is 6. The number of halogens is 4. The number of alkyl carbamates (subject to hydrolysis) is 4. The topological polar surface area (TPSA) is 344 Å². The van der Waals surface area contributed by atoms with Gasteiger partial charge in [-0.05, 0) is 339 Å². The average molecular weight is 2000 g/mol. The molecule has 4 aromatic carbocycles. The standard InChI is InChI=1S/C28H34FN3O4S.C28H32FN3O3.C28H31FN2O4.C27H32FN3O4S/c1-3-36-28(33)31-23-10-11-24-20(14-23)15-27-26(17-37(34,35)32(27)2)25(24)12-9-22-8-7-19(16-30-22)18-5-4-6-21(29)13-18;1-2-35-28(34)32-22-9-10-23-19(13-22)14-25-26(16-31-27(25)33)24(23)11-8-21-7-6-18(15-30-21)17-4-3-5-20(29)12-17;1-2-34-28(33)31-22-9-10-23-19(13-22)14-26-25(15-27(32)35-26)24(23)11-8-21-7-6-18(16-30-21)17-4-3-5-20(29)12-17;1-2-35-27(32)31-22-9-10-23-19(13-22)14-26-25(16-30-36(26,33)34)24(23)11-8-21-7-6-18(15-29-21)17-4-3-5-20(28)12-17/h4-9,12-13,16,20,23-27H,3,10-11,14-15,17H2,1-2H3,(H,31,33);3-8,11-12,15,19,22-26H,2,9-10,13-14,16H2,1H3,(H,31,33)(H,32,34);3-8,11-12,16,19,22-26H,2,9-10,13-15H2,1H3,(H,31,33);3-8,11-12,15,19,22-26,30H,2,9-10,13-14,16H2,1H3,(H,31,32)/b12-9+;3*11-8+/t20-,23+,24+,25-,26-,27+;19-,22+,23+,24-,25-,26+;2*19-,22+,23+,24-,25+,26-/m0000/s1. The van der Waals surface area contributed by atoms with Gasteiger partial charge in [-0.2, -0.15) is 0 Å².